The van der Waals surface area contributed by atoms with Gasteiger partial charge in [0.2, 0.25) is 0 Å². The Morgan fingerprint density at radius 2 is 0.977 bits per heavy atom. The summed E-state index contributed by atoms with van der Waals surface area (Å²) in [4.78, 5) is 12.4. The smallest absolute Gasteiger partial charge is 0.303 e. The number of ether oxygens (including phenoxy) is 6. The van der Waals surface area contributed by atoms with Gasteiger partial charge in [0.15, 0.2) is 12.4 Å². The minimum absolute atomic E-state index is 0.161. The highest BCUT2D eigenvalue weighted by molar-refractivity contribution is 5.66. The first-order chi connectivity index (χ1) is 21.2. The molecule has 4 aromatic carbocycles. The van der Waals surface area contributed by atoms with Gasteiger partial charge in [0.25, 0.3) is 0 Å². The summed E-state index contributed by atoms with van der Waals surface area (Å²) in [5.41, 5.74) is 3.99. The van der Waals surface area contributed by atoms with Crippen LogP contribution >= 0.6 is 0 Å². The molecule has 1 aliphatic heterocycles. The highest BCUT2D eigenvalue weighted by Crippen LogP contribution is 2.31. The van der Waals surface area contributed by atoms with Crippen LogP contribution in [0.3, 0.4) is 0 Å². The highest BCUT2D eigenvalue weighted by atomic mass is 16.7. The van der Waals surface area contributed by atoms with E-state index in [0.717, 1.165) is 22.3 Å². The Labute approximate surface area is 253 Å². The van der Waals surface area contributed by atoms with E-state index in [2.05, 4.69) is 0 Å². The molecule has 0 radical (unpaired) electrons. The number of esters is 1. The zero-order valence-electron chi connectivity index (χ0n) is 24.3. The molecule has 5 atom stereocenters. The SMILES string of the molecule is CC(=O)O[C@H]1[C@H](OCc2ccccc2)[C@@H](OCc2ccccc2)[C@@H](OCc2ccccc2)O[C@@H]1COCc1ccccc1. The van der Waals surface area contributed by atoms with Crippen LogP contribution in [0.25, 0.3) is 0 Å². The Morgan fingerprint density at radius 3 is 1.44 bits per heavy atom. The number of hydrogen-bond acceptors (Lipinski definition) is 7. The molecule has 0 spiro atoms. The largest absolute Gasteiger partial charge is 0.457 e. The number of benzene rings is 4. The van der Waals surface area contributed by atoms with E-state index in [1.165, 1.54) is 6.92 Å². The quantitative estimate of drug-likeness (QED) is 0.163. The van der Waals surface area contributed by atoms with Crippen LogP contribution in [0.5, 0.6) is 0 Å². The van der Waals surface area contributed by atoms with E-state index < -0.39 is 36.7 Å². The van der Waals surface area contributed by atoms with Crippen molar-refractivity contribution < 1.29 is 33.2 Å². The Hall–Kier alpha value is -3.85. The molecular weight excluding hydrogens is 544 g/mol. The molecule has 0 aromatic heterocycles. The summed E-state index contributed by atoms with van der Waals surface area (Å²) < 4.78 is 37.9. The van der Waals surface area contributed by atoms with E-state index in [0.29, 0.717) is 19.8 Å². The normalized spacial score (nSPS) is 21.7. The molecule has 224 valence electrons. The Bertz CT molecular complexity index is 1350. The van der Waals surface area contributed by atoms with Gasteiger partial charge in [-0.25, -0.2) is 0 Å². The lowest BCUT2D eigenvalue weighted by molar-refractivity contribution is -0.325. The van der Waals surface area contributed by atoms with Crippen molar-refractivity contribution in [3.05, 3.63) is 144 Å². The summed E-state index contributed by atoms with van der Waals surface area (Å²) in [5.74, 6) is -0.444. The highest BCUT2D eigenvalue weighted by Gasteiger charge is 2.50. The first kappa shape index (κ1) is 30.6. The Kier molecular flexibility index (Phi) is 11.5. The average molecular weight is 583 g/mol. The summed E-state index contributed by atoms with van der Waals surface area (Å²) in [5, 5.41) is 0. The van der Waals surface area contributed by atoms with Gasteiger partial charge >= 0.3 is 5.97 Å². The van der Waals surface area contributed by atoms with Gasteiger partial charge in [-0.05, 0) is 22.3 Å². The summed E-state index contributed by atoms with van der Waals surface area (Å²) in [6.07, 6.45) is -3.68. The average Bonchev–Trinajstić information content (AvgIpc) is 3.05. The van der Waals surface area contributed by atoms with Crippen molar-refractivity contribution >= 4 is 5.97 Å². The van der Waals surface area contributed by atoms with Crippen molar-refractivity contribution in [3.63, 3.8) is 0 Å². The van der Waals surface area contributed by atoms with Crippen molar-refractivity contribution in [2.24, 2.45) is 0 Å². The third kappa shape index (κ3) is 9.32. The number of carbonyl (C=O) groups excluding carboxylic acids is 1. The van der Waals surface area contributed by atoms with Gasteiger partial charge in [-0.3, -0.25) is 4.79 Å². The van der Waals surface area contributed by atoms with Crippen LogP contribution < -0.4 is 0 Å². The van der Waals surface area contributed by atoms with Gasteiger partial charge < -0.3 is 28.4 Å². The van der Waals surface area contributed by atoms with Gasteiger partial charge in [0.1, 0.15) is 18.3 Å². The van der Waals surface area contributed by atoms with Crippen LogP contribution in [0.2, 0.25) is 0 Å². The molecule has 0 amide bonds. The van der Waals surface area contributed by atoms with Gasteiger partial charge in [0, 0.05) is 6.92 Å². The first-order valence-electron chi connectivity index (χ1n) is 14.6. The van der Waals surface area contributed by atoms with Crippen LogP contribution in [-0.2, 0) is 59.6 Å². The molecule has 7 heteroatoms. The molecule has 0 saturated carbocycles. The second kappa shape index (κ2) is 16.1. The molecule has 1 aliphatic rings. The van der Waals surface area contributed by atoms with Crippen molar-refractivity contribution in [1.82, 2.24) is 0 Å². The number of hydrogen-bond donors (Lipinski definition) is 0. The van der Waals surface area contributed by atoms with Crippen LogP contribution in [0.4, 0.5) is 0 Å². The third-order valence-corrected chi connectivity index (χ3v) is 7.11. The Morgan fingerprint density at radius 1 is 0.558 bits per heavy atom. The van der Waals surface area contributed by atoms with Crippen LogP contribution in [0, 0.1) is 0 Å². The van der Waals surface area contributed by atoms with Crippen LogP contribution in [-0.4, -0.2) is 43.3 Å². The third-order valence-electron chi connectivity index (χ3n) is 7.11. The van der Waals surface area contributed by atoms with E-state index >= 15 is 0 Å². The summed E-state index contributed by atoms with van der Waals surface area (Å²) >= 11 is 0. The predicted molar refractivity (Wildman–Crippen MR) is 162 cm³/mol. The maximum Gasteiger partial charge on any atom is 0.303 e. The van der Waals surface area contributed by atoms with E-state index in [-0.39, 0.29) is 13.2 Å². The molecule has 1 fully saturated rings. The predicted octanol–water partition coefficient (Wildman–Crippen LogP) is 6.25. The van der Waals surface area contributed by atoms with Crippen molar-refractivity contribution in [2.45, 2.75) is 64.1 Å². The van der Waals surface area contributed by atoms with Crippen molar-refractivity contribution in [3.8, 4) is 0 Å². The minimum atomic E-state index is -0.818. The summed E-state index contributed by atoms with van der Waals surface area (Å²) in [7, 11) is 0. The van der Waals surface area contributed by atoms with Gasteiger partial charge in [-0.1, -0.05) is 121 Å². The molecule has 1 saturated heterocycles. The lowest BCUT2D eigenvalue weighted by Crippen LogP contribution is -2.62. The van der Waals surface area contributed by atoms with E-state index in [9.17, 15) is 4.79 Å². The number of rotatable bonds is 14. The molecule has 0 bridgehead atoms. The second-order valence-electron chi connectivity index (χ2n) is 10.4. The fraction of sp³-hybridized carbons (Fsp3) is 0.306. The maximum absolute atomic E-state index is 12.4. The monoisotopic (exact) mass is 582 g/mol. The van der Waals surface area contributed by atoms with Crippen LogP contribution in [0.1, 0.15) is 29.2 Å². The molecule has 0 aliphatic carbocycles. The molecular formula is C36H38O7. The second-order valence-corrected chi connectivity index (χ2v) is 10.4. The van der Waals surface area contributed by atoms with E-state index in [1.54, 1.807) is 0 Å². The summed E-state index contributed by atoms with van der Waals surface area (Å²) in [6, 6.07) is 39.5. The molecule has 4 aromatic rings. The zero-order valence-corrected chi connectivity index (χ0v) is 24.3. The fourth-order valence-electron chi connectivity index (χ4n) is 5.00. The first-order valence-corrected chi connectivity index (χ1v) is 14.6. The molecule has 43 heavy (non-hydrogen) atoms. The molecule has 5 rings (SSSR count). The summed E-state index contributed by atoms with van der Waals surface area (Å²) in [6.45, 7) is 2.82. The molecule has 1 heterocycles. The van der Waals surface area contributed by atoms with E-state index in [1.807, 2.05) is 121 Å². The van der Waals surface area contributed by atoms with Gasteiger partial charge in [-0.15, -0.1) is 0 Å². The van der Waals surface area contributed by atoms with Gasteiger partial charge in [-0.2, -0.15) is 0 Å². The molecule has 0 N–H and O–H groups in total. The zero-order chi connectivity index (χ0) is 29.7. The van der Waals surface area contributed by atoms with Crippen molar-refractivity contribution in [2.75, 3.05) is 6.61 Å². The van der Waals surface area contributed by atoms with Gasteiger partial charge in [0.05, 0.1) is 33.0 Å². The molecule has 7 nitrogen and oxygen atoms in total. The number of carbonyl (C=O) groups is 1. The fourth-order valence-corrected chi connectivity index (χ4v) is 5.00. The lowest BCUT2D eigenvalue weighted by atomic mass is 9.98. The Balaban J connectivity index is 1.41. The standard InChI is InChI=1S/C36H38O7/c1-27(37)42-33-32(26-38-22-28-14-6-2-7-15-28)43-36(41-25-31-20-12-5-13-21-31)35(40-24-30-18-10-4-11-19-30)34(33)39-23-29-16-8-3-9-17-29/h2-21,32-36H,22-26H2,1H3/t32-,33-,34+,35-,36+/m1/s1. The molecule has 0 unspecified atom stereocenters. The van der Waals surface area contributed by atoms with Crippen LogP contribution in [0.15, 0.2) is 121 Å². The minimum Gasteiger partial charge on any atom is -0.457 e. The van der Waals surface area contributed by atoms with Crippen molar-refractivity contribution in [1.29, 1.82) is 0 Å². The maximum atomic E-state index is 12.4. The van der Waals surface area contributed by atoms with E-state index in [4.69, 9.17) is 28.4 Å². The topological polar surface area (TPSA) is 72.5 Å². The lowest BCUT2D eigenvalue weighted by Gasteiger charge is -2.45.